The minimum Gasteiger partial charge on any atom is -0.345 e. The standard InChI is InChI=1S/C14H19N3O2/c1-17(10-11-5-3-2-4-6-11)12(18)9-16-13(19)14(15)7-8-14/h2-6H,7-10,15H2,1H3,(H,16,19). The number of hydrogen-bond acceptors (Lipinski definition) is 3. The molecule has 3 N–H and O–H groups in total. The molecule has 5 nitrogen and oxygen atoms in total. The molecule has 0 unspecified atom stereocenters. The van der Waals surface area contributed by atoms with Gasteiger partial charge in [-0.15, -0.1) is 0 Å². The Kier molecular flexibility index (Phi) is 3.85. The normalized spacial score (nSPS) is 15.7. The van der Waals surface area contributed by atoms with Gasteiger partial charge in [-0.1, -0.05) is 30.3 Å². The van der Waals surface area contributed by atoms with Crippen molar-refractivity contribution in [3.05, 3.63) is 35.9 Å². The van der Waals surface area contributed by atoms with Crippen molar-refractivity contribution in [3.63, 3.8) is 0 Å². The molecule has 1 aliphatic rings. The molecule has 0 radical (unpaired) electrons. The van der Waals surface area contributed by atoms with Gasteiger partial charge in [-0.2, -0.15) is 0 Å². The molecule has 102 valence electrons. The number of benzene rings is 1. The topological polar surface area (TPSA) is 75.4 Å². The second-order valence-electron chi connectivity index (χ2n) is 5.07. The molecular weight excluding hydrogens is 242 g/mol. The number of carbonyl (C=O) groups excluding carboxylic acids is 2. The molecule has 1 aliphatic carbocycles. The maximum absolute atomic E-state index is 11.9. The lowest BCUT2D eigenvalue weighted by molar-refractivity contribution is -0.132. The van der Waals surface area contributed by atoms with E-state index in [2.05, 4.69) is 5.32 Å². The largest absolute Gasteiger partial charge is 0.345 e. The first kappa shape index (κ1) is 13.5. The van der Waals surface area contributed by atoms with Crippen molar-refractivity contribution < 1.29 is 9.59 Å². The number of amides is 2. The number of nitrogens with one attached hydrogen (secondary N) is 1. The van der Waals surface area contributed by atoms with Crippen molar-refractivity contribution in [3.8, 4) is 0 Å². The predicted molar refractivity (Wildman–Crippen MR) is 72.1 cm³/mol. The van der Waals surface area contributed by atoms with Crippen LogP contribution < -0.4 is 11.1 Å². The van der Waals surface area contributed by atoms with E-state index in [1.165, 1.54) is 0 Å². The highest BCUT2D eigenvalue weighted by molar-refractivity contribution is 5.92. The van der Waals surface area contributed by atoms with E-state index in [9.17, 15) is 9.59 Å². The monoisotopic (exact) mass is 261 g/mol. The third-order valence-corrected chi connectivity index (χ3v) is 3.33. The molecule has 2 rings (SSSR count). The Morgan fingerprint density at radius 3 is 2.53 bits per heavy atom. The van der Waals surface area contributed by atoms with Gasteiger partial charge >= 0.3 is 0 Å². The lowest BCUT2D eigenvalue weighted by atomic mass is 10.2. The van der Waals surface area contributed by atoms with Gasteiger partial charge in [-0.05, 0) is 18.4 Å². The molecule has 0 aliphatic heterocycles. The SMILES string of the molecule is CN(Cc1ccccc1)C(=O)CNC(=O)C1(N)CC1. The number of nitrogens with zero attached hydrogens (tertiary/aromatic N) is 1. The van der Waals surface area contributed by atoms with Gasteiger partial charge < -0.3 is 16.0 Å². The van der Waals surface area contributed by atoms with E-state index in [4.69, 9.17) is 5.73 Å². The van der Waals surface area contributed by atoms with Gasteiger partial charge in [0.25, 0.3) is 0 Å². The van der Waals surface area contributed by atoms with Crippen molar-refractivity contribution in [2.45, 2.75) is 24.9 Å². The van der Waals surface area contributed by atoms with E-state index in [1.54, 1.807) is 11.9 Å². The number of likely N-dealkylation sites (N-methyl/N-ethyl adjacent to an activating group) is 1. The first-order valence-electron chi connectivity index (χ1n) is 6.36. The molecule has 1 saturated carbocycles. The highest BCUT2D eigenvalue weighted by atomic mass is 16.2. The number of rotatable bonds is 5. The minimum absolute atomic E-state index is 0.00111. The summed E-state index contributed by atoms with van der Waals surface area (Å²) in [5.74, 6) is -0.351. The van der Waals surface area contributed by atoms with Gasteiger partial charge in [0, 0.05) is 13.6 Å². The fourth-order valence-electron chi connectivity index (χ4n) is 1.77. The first-order valence-corrected chi connectivity index (χ1v) is 6.36. The van der Waals surface area contributed by atoms with E-state index in [0.717, 1.165) is 5.56 Å². The van der Waals surface area contributed by atoms with Crippen molar-refractivity contribution in [2.24, 2.45) is 5.73 Å². The summed E-state index contributed by atoms with van der Waals surface area (Å²) >= 11 is 0. The van der Waals surface area contributed by atoms with Gasteiger partial charge in [0.1, 0.15) is 0 Å². The van der Waals surface area contributed by atoms with Gasteiger partial charge in [-0.25, -0.2) is 0 Å². The second kappa shape index (κ2) is 5.40. The molecule has 0 heterocycles. The highest BCUT2D eigenvalue weighted by Crippen LogP contribution is 2.31. The maximum Gasteiger partial charge on any atom is 0.242 e. The molecule has 2 amide bonds. The summed E-state index contributed by atoms with van der Waals surface area (Å²) in [7, 11) is 1.72. The highest BCUT2D eigenvalue weighted by Gasteiger charge is 2.45. The molecule has 1 aromatic carbocycles. The van der Waals surface area contributed by atoms with Crippen LogP contribution in [-0.2, 0) is 16.1 Å². The molecule has 0 saturated heterocycles. The Morgan fingerprint density at radius 2 is 1.95 bits per heavy atom. The van der Waals surface area contributed by atoms with Crippen LogP contribution in [0, 0.1) is 0 Å². The molecule has 1 aromatic rings. The number of nitrogens with two attached hydrogens (primary N) is 1. The second-order valence-corrected chi connectivity index (χ2v) is 5.07. The fraction of sp³-hybridized carbons (Fsp3) is 0.429. The van der Waals surface area contributed by atoms with Crippen LogP contribution in [0.5, 0.6) is 0 Å². The molecular formula is C14H19N3O2. The van der Waals surface area contributed by atoms with E-state index >= 15 is 0 Å². The minimum atomic E-state index is -0.724. The summed E-state index contributed by atoms with van der Waals surface area (Å²) in [4.78, 5) is 25.1. The number of carbonyl (C=O) groups is 2. The van der Waals surface area contributed by atoms with Crippen LogP contribution in [0.25, 0.3) is 0 Å². The zero-order valence-corrected chi connectivity index (χ0v) is 11.1. The lowest BCUT2D eigenvalue weighted by Gasteiger charge is -2.18. The summed E-state index contributed by atoms with van der Waals surface area (Å²) in [5.41, 5.74) is 6.07. The lowest BCUT2D eigenvalue weighted by Crippen LogP contribution is -2.46. The van der Waals surface area contributed by atoms with Crippen LogP contribution >= 0.6 is 0 Å². The van der Waals surface area contributed by atoms with Crippen molar-refractivity contribution in [2.75, 3.05) is 13.6 Å². The van der Waals surface area contributed by atoms with Crippen LogP contribution in [0.1, 0.15) is 18.4 Å². The van der Waals surface area contributed by atoms with Crippen molar-refractivity contribution in [1.29, 1.82) is 0 Å². The summed E-state index contributed by atoms with van der Waals surface area (Å²) in [5, 5.41) is 2.60. The van der Waals surface area contributed by atoms with Gasteiger partial charge in [0.15, 0.2) is 0 Å². The zero-order valence-electron chi connectivity index (χ0n) is 11.1. The Balaban J connectivity index is 1.78. The van der Waals surface area contributed by atoms with Gasteiger partial charge in [0.2, 0.25) is 11.8 Å². The Labute approximate surface area is 112 Å². The Bertz CT molecular complexity index is 469. The zero-order chi connectivity index (χ0) is 13.9. The molecule has 0 bridgehead atoms. The average molecular weight is 261 g/mol. The maximum atomic E-state index is 11.9. The quantitative estimate of drug-likeness (QED) is 0.798. The summed E-state index contributed by atoms with van der Waals surface area (Å²) in [6, 6.07) is 9.71. The first-order chi connectivity index (χ1) is 9.01. The average Bonchev–Trinajstić information content (AvgIpc) is 3.16. The molecule has 5 heteroatoms. The van der Waals surface area contributed by atoms with E-state index in [1.807, 2.05) is 30.3 Å². The number of hydrogen-bond donors (Lipinski definition) is 2. The molecule has 0 spiro atoms. The van der Waals surface area contributed by atoms with Gasteiger partial charge in [0.05, 0.1) is 12.1 Å². The summed E-state index contributed by atoms with van der Waals surface area (Å²) < 4.78 is 0. The van der Waals surface area contributed by atoms with Crippen LogP contribution in [0.4, 0.5) is 0 Å². The molecule has 0 atom stereocenters. The van der Waals surface area contributed by atoms with Crippen LogP contribution in [0.3, 0.4) is 0 Å². The Hall–Kier alpha value is -1.88. The summed E-state index contributed by atoms with van der Waals surface area (Å²) in [6.45, 7) is 0.532. The Morgan fingerprint density at radius 1 is 1.32 bits per heavy atom. The van der Waals surface area contributed by atoms with Crippen molar-refractivity contribution >= 4 is 11.8 Å². The molecule has 19 heavy (non-hydrogen) atoms. The summed E-state index contributed by atoms with van der Waals surface area (Å²) in [6.07, 6.45) is 1.40. The van der Waals surface area contributed by atoms with E-state index < -0.39 is 5.54 Å². The van der Waals surface area contributed by atoms with Crippen molar-refractivity contribution in [1.82, 2.24) is 10.2 Å². The van der Waals surface area contributed by atoms with E-state index in [0.29, 0.717) is 19.4 Å². The van der Waals surface area contributed by atoms with Crippen LogP contribution in [0.15, 0.2) is 30.3 Å². The smallest absolute Gasteiger partial charge is 0.242 e. The van der Waals surface area contributed by atoms with Crippen LogP contribution in [0.2, 0.25) is 0 Å². The third kappa shape index (κ3) is 3.54. The molecule has 0 aromatic heterocycles. The van der Waals surface area contributed by atoms with Crippen LogP contribution in [-0.4, -0.2) is 35.8 Å². The molecule has 1 fully saturated rings. The van der Waals surface area contributed by atoms with Gasteiger partial charge in [-0.3, -0.25) is 9.59 Å². The van der Waals surface area contributed by atoms with E-state index in [-0.39, 0.29) is 18.4 Å². The third-order valence-electron chi connectivity index (χ3n) is 3.33. The fourth-order valence-corrected chi connectivity index (χ4v) is 1.77. The predicted octanol–water partition coefficient (Wildman–Crippen LogP) is 0.253.